The molecule has 0 aliphatic rings. The van der Waals surface area contributed by atoms with Crippen LogP contribution in [0.25, 0.3) is 22.0 Å². The average molecular weight is 471 g/mol. The molecule has 0 bridgehead atoms. The van der Waals surface area contributed by atoms with Gasteiger partial charge in [0.05, 0.1) is 11.7 Å². The lowest BCUT2D eigenvalue weighted by Gasteiger charge is -2.15. The second-order valence-corrected chi connectivity index (χ2v) is 8.43. The fourth-order valence-electron chi connectivity index (χ4n) is 3.60. The minimum atomic E-state index is -0.0994. The van der Waals surface area contributed by atoms with Crippen LogP contribution >= 0.6 is 11.3 Å². The molecule has 0 fully saturated rings. The van der Waals surface area contributed by atoms with Crippen LogP contribution in [-0.2, 0) is 0 Å². The van der Waals surface area contributed by atoms with E-state index in [9.17, 15) is 4.79 Å². The van der Waals surface area contributed by atoms with Crippen molar-refractivity contribution in [3.05, 3.63) is 78.3 Å². The Morgan fingerprint density at radius 3 is 2.79 bits per heavy atom. The molecule has 3 N–H and O–H groups in total. The quantitative estimate of drug-likeness (QED) is 0.290. The van der Waals surface area contributed by atoms with Crippen molar-refractivity contribution in [2.24, 2.45) is 0 Å². The number of rotatable bonds is 8. The number of H-pyrrole nitrogens is 1. The van der Waals surface area contributed by atoms with Crippen molar-refractivity contribution in [1.29, 1.82) is 0 Å². The highest BCUT2D eigenvalue weighted by Gasteiger charge is 2.15. The number of aromatic amines is 1. The maximum Gasteiger partial charge on any atom is 0.259 e. The number of hydrogen-bond acceptors (Lipinski definition) is 8. The Morgan fingerprint density at radius 2 is 1.97 bits per heavy atom. The van der Waals surface area contributed by atoms with Gasteiger partial charge in [0.1, 0.15) is 12.1 Å². The Bertz CT molecular complexity index is 1400. The van der Waals surface area contributed by atoms with Crippen LogP contribution in [0.4, 0.5) is 16.6 Å². The highest BCUT2D eigenvalue weighted by Crippen LogP contribution is 2.26. The second kappa shape index (κ2) is 9.67. The summed E-state index contributed by atoms with van der Waals surface area (Å²) in [6.45, 7) is 1.28. The zero-order valence-corrected chi connectivity index (χ0v) is 19.2. The van der Waals surface area contributed by atoms with Crippen molar-refractivity contribution in [2.75, 3.05) is 35.7 Å². The van der Waals surface area contributed by atoms with Crippen molar-refractivity contribution in [1.82, 2.24) is 25.1 Å². The topological polar surface area (TPSA) is 112 Å². The summed E-state index contributed by atoms with van der Waals surface area (Å²) in [6.07, 6.45) is 6.89. The number of nitrogens with zero attached hydrogens (tertiary/aromatic N) is 5. The molecule has 9 nitrogen and oxygen atoms in total. The molecular weight excluding hydrogens is 448 g/mol. The van der Waals surface area contributed by atoms with E-state index in [0.717, 1.165) is 33.5 Å². The van der Waals surface area contributed by atoms with Gasteiger partial charge in [-0.25, -0.2) is 15.0 Å². The molecular formula is C24H22N8OS. The Morgan fingerprint density at radius 1 is 1.06 bits per heavy atom. The number of carbonyl (C=O) groups excluding carboxylic acids is 1. The van der Waals surface area contributed by atoms with E-state index >= 15 is 0 Å². The predicted molar refractivity (Wildman–Crippen MR) is 135 cm³/mol. The summed E-state index contributed by atoms with van der Waals surface area (Å²) in [5, 5.41) is 17.1. The second-order valence-electron chi connectivity index (χ2n) is 7.55. The largest absolute Gasteiger partial charge is 0.383 e. The lowest BCUT2D eigenvalue weighted by Crippen LogP contribution is -2.26. The van der Waals surface area contributed by atoms with Gasteiger partial charge in [0.15, 0.2) is 5.13 Å². The third-order valence-corrected chi connectivity index (χ3v) is 6.18. The van der Waals surface area contributed by atoms with Crippen LogP contribution in [0.1, 0.15) is 10.4 Å². The normalized spacial score (nSPS) is 10.9. The summed E-state index contributed by atoms with van der Waals surface area (Å²) in [4.78, 5) is 27.3. The third-order valence-electron chi connectivity index (χ3n) is 5.33. The minimum Gasteiger partial charge on any atom is -0.383 e. The fourth-order valence-corrected chi connectivity index (χ4v) is 4.20. The van der Waals surface area contributed by atoms with Gasteiger partial charge in [0.2, 0.25) is 0 Å². The first-order chi connectivity index (χ1) is 16.7. The first kappa shape index (κ1) is 21.5. The molecule has 34 heavy (non-hydrogen) atoms. The van der Waals surface area contributed by atoms with E-state index in [1.165, 1.54) is 11.3 Å². The van der Waals surface area contributed by atoms with Gasteiger partial charge < -0.3 is 10.6 Å². The number of amides is 1. The Labute approximate surface area is 199 Å². The standard InChI is InChI=1S/C24H22N8OS/c1-32(24-27-9-10-34-24)23(33)17-3-2-4-19(11-17)25-7-8-26-22-20-12-16(18-13-30-31-14-18)5-6-21(20)28-15-29-22/h2-6,9-15,25H,7-8H2,1H3,(H,30,31)(H,26,28,29). The van der Waals surface area contributed by atoms with E-state index in [0.29, 0.717) is 23.8 Å². The average Bonchev–Trinajstić information content (AvgIpc) is 3.61. The summed E-state index contributed by atoms with van der Waals surface area (Å²) in [7, 11) is 1.73. The van der Waals surface area contributed by atoms with Crippen LogP contribution in [0, 0.1) is 0 Å². The molecule has 0 aliphatic heterocycles. The lowest BCUT2D eigenvalue weighted by molar-refractivity contribution is 0.0993. The fraction of sp³-hybridized carbons (Fsp3) is 0.125. The SMILES string of the molecule is CN(C(=O)c1cccc(NCCNc2ncnc3ccc(-c4cn[nH]c4)cc23)c1)c1nccs1. The van der Waals surface area contributed by atoms with Gasteiger partial charge in [-0.15, -0.1) is 11.3 Å². The number of fused-ring (bicyclic) bond motifs is 1. The minimum absolute atomic E-state index is 0.0994. The highest BCUT2D eigenvalue weighted by molar-refractivity contribution is 7.13. The van der Waals surface area contributed by atoms with Crippen molar-refractivity contribution < 1.29 is 4.79 Å². The maximum atomic E-state index is 12.8. The van der Waals surface area contributed by atoms with Crippen LogP contribution in [-0.4, -0.2) is 51.2 Å². The first-order valence-electron chi connectivity index (χ1n) is 10.7. The summed E-state index contributed by atoms with van der Waals surface area (Å²) in [5.74, 6) is 0.670. The maximum absolute atomic E-state index is 12.8. The Kier molecular flexibility index (Phi) is 6.13. The first-order valence-corrected chi connectivity index (χ1v) is 11.6. The number of nitrogens with one attached hydrogen (secondary N) is 3. The molecule has 0 saturated heterocycles. The molecule has 5 rings (SSSR count). The van der Waals surface area contributed by atoms with Crippen LogP contribution in [0.15, 0.2) is 72.8 Å². The molecule has 170 valence electrons. The van der Waals surface area contributed by atoms with Gasteiger partial charge in [0, 0.05) is 60.1 Å². The lowest BCUT2D eigenvalue weighted by atomic mass is 10.1. The molecule has 0 aliphatic carbocycles. The molecule has 10 heteroatoms. The van der Waals surface area contributed by atoms with Crippen molar-refractivity contribution >= 4 is 44.8 Å². The van der Waals surface area contributed by atoms with Gasteiger partial charge in [-0.1, -0.05) is 12.1 Å². The smallest absolute Gasteiger partial charge is 0.259 e. The number of hydrogen-bond donors (Lipinski definition) is 3. The number of anilines is 3. The van der Waals surface area contributed by atoms with Gasteiger partial charge in [0.25, 0.3) is 5.91 Å². The van der Waals surface area contributed by atoms with Crippen molar-refractivity contribution in [3.8, 4) is 11.1 Å². The zero-order valence-electron chi connectivity index (χ0n) is 18.4. The summed E-state index contributed by atoms with van der Waals surface area (Å²) in [6, 6.07) is 13.5. The van der Waals surface area contributed by atoms with E-state index in [-0.39, 0.29) is 5.91 Å². The number of benzene rings is 2. The zero-order chi connectivity index (χ0) is 23.3. The number of carbonyl (C=O) groups is 1. The van der Waals surface area contributed by atoms with E-state index in [1.54, 1.807) is 36.7 Å². The Hall–Kier alpha value is -4.31. The molecule has 0 saturated carbocycles. The molecule has 5 aromatic rings. The molecule has 0 unspecified atom stereocenters. The van der Waals surface area contributed by atoms with E-state index in [1.807, 2.05) is 41.9 Å². The van der Waals surface area contributed by atoms with Gasteiger partial charge in [-0.05, 0) is 35.9 Å². The van der Waals surface area contributed by atoms with Crippen molar-refractivity contribution in [3.63, 3.8) is 0 Å². The highest BCUT2D eigenvalue weighted by atomic mass is 32.1. The molecule has 0 atom stereocenters. The van der Waals surface area contributed by atoms with Crippen LogP contribution in [0.5, 0.6) is 0 Å². The number of thiazole rings is 1. The monoisotopic (exact) mass is 470 g/mol. The van der Waals surface area contributed by atoms with E-state index in [4.69, 9.17) is 0 Å². The molecule has 0 spiro atoms. The van der Waals surface area contributed by atoms with Gasteiger partial charge >= 0.3 is 0 Å². The summed E-state index contributed by atoms with van der Waals surface area (Å²) >= 11 is 1.43. The number of aromatic nitrogens is 5. The molecule has 3 heterocycles. The summed E-state index contributed by atoms with van der Waals surface area (Å²) < 4.78 is 0. The van der Waals surface area contributed by atoms with E-state index in [2.05, 4.69) is 41.8 Å². The Balaban J connectivity index is 1.23. The molecule has 1 amide bonds. The van der Waals surface area contributed by atoms with Crippen LogP contribution in [0.3, 0.4) is 0 Å². The third kappa shape index (κ3) is 4.57. The molecule has 3 aromatic heterocycles. The van der Waals surface area contributed by atoms with E-state index < -0.39 is 0 Å². The molecule has 0 radical (unpaired) electrons. The van der Waals surface area contributed by atoms with Crippen molar-refractivity contribution in [2.45, 2.75) is 0 Å². The predicted octanol–water partition coefficient (Wildman–Crippen LogP) is 4.28. The van der Waals surface area contributed by atoms with Gasteiger partial charge in [-0.2, -0.15) is 5.10 Å². The molecule has 2 aromatic carbocycles. The van der Waals surface area contributed by atoms with Gasteiger partial charge in [-0.3, -0.25) is 14.8 Å². The summed E-state index contributed by atoms with van der Waals surface area (Å²) in [5.41, 5.74) is 4.39. The van der Waals surface area contributed by atoms with Crippen LogP contribution in [0.2, 0.25) is 0 Å². The van der Waals surface area contributed by atoms with Crippen LogP contribution < -0.4 is 15.5 Å².